The largest absolute Gasteiger partial charge is 0.294 e. The third-order valence-electron chi connectivity index (χ3n) is 2.05. The predicted octanol–water partition coefficient (Wildman–Crippen LogP) is 0.00410. The summed E-state index contributed by atoms with van der Waals surface area (Å²) in [4.78, 5) is 15.2. The highest BCUT2D eigenvalue weighted by molar-refractivity contribution is 5.77. The van der Waals surface area contributed by atoms with Crippen LogP contribution in [0, 0.1) is 0 Å². The summed E-state index contributed by atoms with van der Waals surface area (Å²) in [6.07, 6.45) is 0.0936. The summed E-state index contributed by atoms with van der Waals surface area (Å²) >= 11 is 0. The number of amides is 1. The molecule has 0 radical (unpaired) electrons. The summed E-state index contributed by atoms with van der Waals surface area (Å²) in [5, 5.41) is 6.71. The fraction of sp³-hybridized carbons (Fsp3) is 0.100. The van der Waals surface area contributed by atoms with Crippen LogP contribution < -0.4 is 11.3 Å². The first-order valence-corrected chi connectivity index (χ1v) is 4.76. The molecule has 2 rings (SSSR count). The van der Waals surface area contributed by atoms with Gasteiger partial charge >= 0.3 is 0 Å². The summed E-state index contributed by atoms with van der Waals surface area (Å²) < 4.78 is 0. The van der Waals surface area contributed by atoms with E-state index >= 15 is 0 Å². The first kappa shape index (κ1) is 10.3. The second-order valence-corrected chi connectivity index (χ2v) is 3.22. The number of benzene rings is 1. The van der Waals surface area contributed by atoms with E-state index in [0.717, 1.165) is 5.56 Å². The predicted molar refractivity (Wildman–Crippen MR) is 57.9 cm³/mol. The summed E-state index contributed by atoms with van der Waals surface area (Å²) in [6, 6.07) is 9.51. The van der Waals surface area contributed by atoms with Crippen molar-refractivity contribution in [2.24, 2.45) is 5.84 Å². The van der Waals surface area contributed by atoms with Gasteiger partial charge in [0, 0.05) is 5.56 Å². The van der Waals surface area contributed by atoms with E-state index in [1.807, 2.05) is 35.8 Å². The minimum atomic E-state index is -0.309. The molecule has 2 aromatic rings. The van der Waals surface area contributed by atoms with Gasteiger partial charge in [-0.05, 0) is 0 Å². The second-order valence-electron chi connectivity index (χ2n) is 3.22. The van der Waals surface area contributed by atoms with Gasteiger partial charge in [-0.1, -0.05) is 30.3 Å². The molecule has 82 valence electrons. The lowest BCUT2D eigenvalue weighted by molar-refractivity contribution is -0.120. The van der Waals surface area contributed by atoms with Crippen LogP contribution in [0.15, 0.2) is 30.3 Å². The average molecular weight is 217 g/mol. The molecule has 1 aromatic carbocycles. The van der Waals surface area contributed by atoms with Gasteiger partial charge in [-0.2, -0.15) is 5.10 Å². The highest BCUT2D eigenvalue weighted by Gasteiger charge is 2.08. The van der Waals surface area contributed by atoms with Crippen LogP contribution in [0.1, 0.15) is 5.82 Å². The Morgan fingerprint density at radius 3 is 2.81 bits per heavy atom. The number of aromatic amines is 1. The number of carbonyl (C=O) groups excluding carboxylic acids is 1. The maximum absolute atomic E-state index is 11.0. The Kier molecular flexibility index (Phi) is 2.93. The van der Waals surface area contributed by atoms with Crippen molar-refractivity contribution in [2.45, 2.75) is 6.42 Å². The molecule has 1 amide bonds. The van der Waals surface area contributed by atoms with E-state index in [-0.39, 0.29) is 12.3 Å². The van der Waals surface area contributed by atoms with Crippen molar-refractivity contribution in [3.63, 3.8) is 0 Å². The summed E-state index contributed by atoms with van der Waals surface area (Å²) in [6.45, 7) is 0. The van der Waals surface area contributed by atoms with Crippen molar-refractivity contribution in [3.8, 4) is 11.4 Å². The van der Waals surface area contributed by atoms with Crippen LogP contribution in [0.2, 0.25) is 0 Å². The molecule has 6 nitrogen and oxygen atoms in total. The Balaban J connectivity index is 2.17. The molecular weight excluding hydrogens is 206 g/mol. The zero-order valence-electron chi connectivity index (χ0n) is 8.47. The molecular formula is C10H11N5O. The Morgan fingerprint density at radius 2 is 2.12 bits per heavy atom. The molecule has 0 aliphatic heterocycles. The molecule has 4 N–H and O–H groups in total. The molecule has 0 spiro atoms. The maximum atomic E-state index is 11.0. The van der Waals surface area contributed by atoms with Crippen LogP contribution in [0.4, 0.5) is 0 Å². The van der Waals surface area contributed by atoms with Crippen molar-refractivity contribution in [3.05, 3.63) is 36.2 Å². The third kappa shape index (κ3) is 2.23. The molecule has 0 saturated heterocycles. The Bertz CT molecular complexity index is 479. The number of hydrogen-bond donors (Lipinski definition) is 3. The number of rotatable bonds is 3. The van der Waals surface area contributed by atoms with Crippen LogP contribution in [0.3, 0.4) is 0 Å². The van der Waals surface area contributed by atoms with Crippen molar-refractivity contribution < 1.29 is 4.79 Å². The van der Waals surface area contributed by atoms with Crippen LogP contribution in [0.25, 0.3) is 11.4 Å². The lowest BCUT2D eigenvalue weighted by Gasteiger charge is -1.94. The van der Waals surface area contributed by atoms with Gasteiger partial charge in [0.2, 0.25) is 5.91 Å². The maximum Gasteiger partial charge on any atom is 0.241 e. The van der Waals surface area contributed by atoms with Gasteiger partial charge in [-0.15, -0.1) is 0 Å². The molecule has 0 bridgehead atoms. The highest BCUT2D eigenvalue weighted by Crippen LogP contribution is 2.13. The zero-order valence-corrected chi connectivity index (χ0v) is 8.47. The fourth-order valence-corrected chi connectivity index (χ4v) is 1.29. The second kappa shape index (κ2) is 4.54. The highest BCUT2D eigenvalue weighted by atomic mass is 16.2. The number of hydrazine groups is 1. The van der Waals surface area contributed by atoms with Crippen LogP contribution in [0.5, 0.6) is 0 Å². The van der Waals surface area contributed by atoms with Gasteiger partial charge in [-0.25, -0.2) is 10.8 Å². The quantitative estimate of drug-likeness (QED) is 0.383. The molecule has 0 atom stereocenters. The molecule has 0 aliphatic carbocycles. The first-order chi connectivity index (χ1) is 7.79. The van der Waals surface area contributed by atoms with Crippen molar-refractivity contribution in [1.82, 2.24) is 20.6 Å². The van der Waals surface area contributed by atoms with E-state index in [4.69, 9.17) is 5.84 Å². The number of H-pyrrole nitrogens is 1. The number of hydrogen-bond acceptors (Lipinski definition) is 4. The lowest BCUT2D eigenvalue weighted by Crippen LogP contribution is -2.31. The van der Waals surface area contributed by atoms with Gasteiger partial charge in [0.25, 0.3) is 0 Å². The molecule has 0 fully saturated rings. The zero-order chi connectivity index (χ0) is 11.4. The van der Waals surface area contributed by atoms with Gasteiger partial charge < -0.3 is 0 Å². The van der Waals surface area contributed by atoms with E-state index in [2.05, 4.69) is 15.2 Å². The van der Waals surface area contributed by atoms with Crippen molar-refractivity contribution >= 4 is 5.91 Å². The van der Waals surface area contributed by atoms with Gasteiger partial charge in [0.1, 0.15) is 5.82 Å². The third-order valence-corrected chi connectivity index (χ3v) is 2.05. The Morgan fingerprint density at radius 1 is 1.38 bits per heavy atom. The molecule has 0 unspecified atom stereocenters. The fourth-order valence-electron chi connectivity index (χ4n) is 1.29. The standard InChI is InChI=1S/C10H11N5O/c11-13-9(16)6-8-12-10(15-14-8)7-4-2-1-3-5-7/h1-5H,6,11H2,(H,13,16)(H,12,14,15). The summed E-state index contributed by atoms with van der Waals surface area (Å²) in [5.41, 5.74) is 2.94. The van der Waals surface area contributed by atoms with E-state index in [9.17, 15) is 4.79 Å². The number of nitrogens with one attached hydrogen (secondary N) is 2. The van der Waals surface area contributed by atoms with Crippen LogP contribution >= 0.6 is 0 Å². The van der Waals surface area contributed by atoms with Gasteiger partial charge in [-0.3, -0.25) is 15.3 Å². The SMILES string of the molecule is NNC(=O)Cc1nc(-c2ccccc2)n[nH]1. The normalized spacial score (nSPS) is 10.1. The van der Waals surface area contributed by atoms with E-state index < -0.39 is 0 Å². The molecule has 0 aliphatic rings. The Labute approximate surface area is 91.9 Å². The first-order valence-electron chi connectivity index (χ1n) is 4.76. The average Bonchev–Trinajstić information content (AvgIpc) is 2.78. The lowest BCUT2D eigenvalue weighted by atomic mass is 10.2. The number of nitrogens with two attached hydrogens (primary N) is 1. The van der Waals surface area contributed by atoms with Crippen LogP contribution in [-0.2, 0) is 11.2 Å². The van der Waals surface area contributed by atoms with E-state index in [0.29, 0.717) is 11.6 Å². The van der Waals surface area contributed by atoms with Crippen molar-refractivity contribution in [2.75, 3.05) is 0 Å². The van der Waals surface area contributed by atoms with Crippen molar-refractivity contribution in [1.29, 1.82) is 0 Å². The smallest absolute Gasteiger partial charge is 0.241 e. The molecule has 1 aromatic heterocycles. The number of aromatic nitrogens is 3. The van der Waals surface area contributed by atoms with E-state index in [1.165, 1.54) is 0 Å². The minimum absolute atomic E-state index is 0.0936. The van der Waals surface area contributed by atoms with Gasteiger partial charge in [0.15, 0.2) is 5.82 Å². The number of carbonyl (C=O) groups is 1. The number of nitrogens with zero attached hydrogens (tertiary/aromatic N) is 2. The molecule has 16 heavy (non-hydrogen) atoms. The van der Waals surface area contributed by atoms with Crippen LogP contribution in [-0.4, -0.2) is 21.1 Å². The molecule has 1 heterocycles. The Hall–Kier alpha value is -2.21. The summed E-state index contributed by atoms with van der Waals surface area (Å²) in [5.74, 6) is 5.72. The molecule has 6 heteroatoms. The monoisotopic (exact) mass is 217 g/mol. The topological polar surface area (TPSA) is 96.7 Å². The molecule has 0 saturated carbocycles. The van der Waals surface area contributed by atoms with Gasteiger partial charge in [0.05, 0.1) is 6.42 Å². The summed E-state index contributed by atoms with van der Waals surface area (Å²) in [7, 11) is 0. The van der Waals surface area contributed by atoms with E-state index in [1.54, 1.807) is 0 Å². The minimum Gasteiger partial charge on any atom is -0.294 e.